The molecule has 0 bridgehead atoms. The Morgan fingerprint density at radius 3 is 1.46 bits per heavy atom. The van der Waals surface area contributed by atoms with Gasteiger partial charge in [0.25, 0.3) is 0 Å². The fourth-order valence-electron chi connectivity index (χ4n) is 2.84. The van der Waals surface area contributed by atoms with Crippen LogP contribution in [0.5, 0.6) is 11.5 Å². The second-order valence-electron chi connectivity index (χ2n) is 6.25. The van der Waals surface area contributed by atoms with Crippen LogP contribution < -0.4 is 9.47 Å². The highest BCUT2D eigenvalue weighted by Gasteiger charge is 2.26. The molecule has 2 aromatic carbocycles. The quantitative estimate of drug-likeness (QED) is 0.599. The molecule has 0 aliphatic rings. The second kappa shape index (κ2) is 9.49. The number of rotatable bonds is 9. The summed E-state index contributed by atoms with van der Waals surface area (Å²) in [4.78, 5) is 0. The van der Waals surface area contributed by atoms with E-state index in [1.807, 2.05) is 24.3 Å². The molecule has 0 fully saturated rings. The van der Waals surface area contributed by atoms with Crippen molar-refractivity contribution in [2.45, 2.75) is 38.5 Å². The maximum absolute atomic E-state index is 8.58. The molecule has 134 valence electrons. The normalized spacial score (nSPS) is 10.6. The van der Waals surface area contributed by atoms with Crippen molar-refractivity contribution in [3.8, 4) is 23.6 Å². The van der Waals surface area contributed by atoms with Gasteiger partial charge in [0, 0.05) is 5.41 Å². The van der Waals surface area contributed by atoms with Gasteiger partial charge in [0.05, 0.1) is 25.0 Å². The Bertz CT molecular complexity index is 704. The summed E-state index contributed by atoms with van der Waals surface area (Å²) in [6, 6.07) is 20.3. The minimum absolute atomic E-state index is 0.115. The number of hydrogen-bond acceptors (Lipinski definition) is 4. The highest BCUT2D eigenvalue weighted by atomic mass is 16.5. The standard InChI is InChI=1S/C22H24N2O2/c1-3-22(2,18-6-10-20(11-7-18)25-16-4-14-23)19-8-12-21(13-9-19)26-17-5-15-24/h6-13H,3-5,16-17H2,1-2H3. The van der Waals surface area contributed by atoms with E-state index in [0.29, 0.717) is 26.1 Å². The van der Waals surface area contributed by atoms with Gasteiger partial charge in [0.15, 0.2) is 0 Å². The maximum atomic E-state index is 8.58. The van der Waals surface area contributed by atoms with E-state index in [9.17, 15) is 0 Å². The Morgan fingerprint density at radius 1 is 0.769 bits per heavy atom. The van der Waals surface area contributed by atoms with E-state index in [2.05, 4.69) is 50.3 Å². The van der Waals surface area contributed by atoms with E-state index in [4.69, 9.17) is 20.0 Å². The average Bonchev–Trinajstić information content (AvgIpc) is 2.69. The summed E-state index contributed by atoms with van der Waals surface area (Å²) in [5.41, 5.74) is 2.31. The minimum Gasteiger partial charge on any atom is -0.493 e. The van der Waals surface area contributed by atoms with Gasteiger partial charge in [-0.25, -0.2) is 0 Å². The van der Waals surface area contributed by atoms with E-state index in [1.165, 1.54) is 11.1 Å². The number of benzene rings is 2. The van der Waals surface area contributed by atoms with Crippen LogP contribution in [0.1, 0.15) is 44.2 Å². The zero-order chi connectivity index (χ0) is 18.8. The average molecular weight is 348 g/mol. The Kier molecular flexibility index (Phi) is 7.06. The van der Waals surface area contributed by atoms with Crippen LogP contribution in [0.3, 0.4) is 0 Å². The lowest BCUT2D eigenvalue weighted by molar-refractivity contribution is 0.326. The Morgan fingerprint density at radius 2 is 1.15 bits per heavy atom. The first kappa shape index (κ1) is 19.3. The summed E-state index contributed by atoms with van der Waals surface area (Å²) >= 11 is 0. The van der Waals surface area contributed by atoms with Crippen molar-refractivity contribution in [1.82, 2.24) is 0 Å². The van der Waals surface area contributed by atoms with E-state index >= 15 is 0 Å². The summed E-state index contributed by atoms with van der Waals surface area (Å²) in [5, 5.41) is 17.2. The molecule has 0 aliphatic carbocycles. The molecule has 0 saturated heterocycles. The van der Waals surface area contributed by atoms with Crippen molar-refractivity contribution >= 4 is 0 Å². The van der Waals surface area contributed by atoms with Crippen LogP contribution in [0.25, 0.3) is 0 Å². The molecule has 0 spiro atoms. The van der Waals surface area contributed by atoms with Crippen LogP contribution >= 0.6 is 0 Å². The lowest BCUT2D eigenvalue weighted by Crippen LogP contribution is -2.22. The molecule has 0 radical (unpaired) electrons. The summed E-state index contributed by atoms with van der Waals surface area (Å²) in [5.74, 6) is 1.56. The van der Waals surface area contributed by atoms with Gasteiger partial charge in [-0.2, -0.15) is 10.5 Å². The van der Waals surface area contributed by atoms with Crippen molar-refractivity contribution in [3.63, 3.8) is 0 Å². The van der Waals surface area contributed by atoms with Crippen LogP contribution in [-0.4, -0.2) is 13.2 Å². The van der Waals surface area contributed by atoms with Crippen molar-refractivity contribution in [2.24, 2.45) is 0 Å². The van der Waals surface area contributed by atoms with Gasteiger partial charge in [0.1, 0.15) is 24.7 Å². The van der Waals surface area contributed by atoms with Crippen molar-refractivity contribution < 1.29 is 9.47 Å². The summed E-state index contributed by atoms with van der Waals surface area (Å²) in [7, 11) is 0. The molecule has 4 nitrogen and oxygen atoms in total. The van der Waals surface area contributed by atoms with Gasteiger partial charge >= 0.3 is 0 Å². The molecule has 0 amide bonds. The lowest BCUT2D eigenvalue weighted by atomic mass is 9.74. The molecule has 0 saturated carbocycles. The maximum Gasteiger partial charge on any atom is 0.119 e. The summed E-state index contributed by atoms with van der Waals surface area (Å²) < 4.78 is 11.1. The molecule has 0 unspecified atom stereocenters. The monoisotopic (exact) mass is 348 g/mol. The third kappa shape index (κ3) is 4.77. The molecule has 0 aromatic heterocycles. The number of ether oxygens (including phenoxy) is 2. The Hall–Kier alpha value is -2.98. The lowest BCUT2D eigenvalue weighted by Gasteiger charge is -2.30. The molecule has 2 rings (SSSR count). The molecule has 0 N–H and O–H groups in total. The molecule has 0 aliphatic heterocycles. The fourth-order valence-corrected chi connectivity index (χ4v) is 2.84. The highest BCUT2D eigenvalue weighted by Crippen LogP contribution is 2.36. The van der Waals surface area contributed by atoms with Crippen LogP contribution in [0, 0.1) is 22.7 Å². The first-order valence-electron chi connectivity index (χ1n) is 8.84. The Labute approximate surface area is 155 Å². The third-order valence-electron chi connectivity index (χ3n) is 4.66. The van der Waals surface area contributed by atoms with Crippen LogP contribution in [-0.2, 0) is 5.41 Å². The summed E-state index contributed by atoms with van der Waals surface area (Å²) in [6.45, 7) is 5.22. The molecule has 4 heteroatoms. The van der Waals surface area contributed by atoms with E-state index in [0.717, 1.165) is 17.9 Å². The first-order valence-corrected chi connectivity index (χ1v) is 8.84. The largest absolute Gasteiger partial charge is 0.493 e. The van der Waals surface area contributed by atoms with Gasteiger partial charge in [-0.1, -0.05) is 38.1 Å². The van der Waals surface area contributed by atoms with E-state index in [1.54, 1.807) is 0 Å². The molecule has 2 aromatic rings. The van der Waals surface area contributed by atoms with Crippen LogP contribution in [0.15, 0.2) is 48.5 Å². The van der Waals surface area contributed by atoms with E-state index in [-0.39, 0.29) is 5.41 Å². The van der Waals surface area contributed by atoms with Gasteiger partial charge in [0.2, 0.25) is 0 Å². The molecule has 26 heavy (non-hydrogen) atoms. The zero-order valence-corrected chi connectivity index (χ0v) is 15.4. The van der Waals surface area contributed by atoms with E-state index < -0.39 is 0 Å². The number of hydrogen-bond donors (Lipinski definition) is 0. The third-order valence-corrected chi connectivity index (χ3v) is 4.66. The predicted octanol–water partition coefficient (Wildman–Crippen LogP) is 4.99. The highest BCUT2D eigenvalue weighted by molar-refractivity contribution is 5.42. The fraction of sp³-hybridized carbons (Fsp3) is 0.364. The first-order chi connectivity index (χ1) is 12.6. The molecule has 0 heterocycles. The number of nitrogens with zero attached hydrogens (tertiary/aromatic N) is 2. The van der Waals surface area contributed by atoms with Crippen molar-refractivity contribution in [1.29, 1.82) is 10.5 Å². The second-order valence-corrected chi connectivity index (χ2v) is 6.25. The molecular formula is C22H24N2O2. The topological polar surface area (TPSA) is 66.0 Å². The SMILES string of the molecule is CCC(C)(c1ccc(OCCC#N)cc1)c1ccc(OCCC#N)cc1. The minimum atomic E-state index is -0.115. The van der Waals surface area contributed by atoms with Gasteiger partial charge in [-0.15, -0.1) is 0 Å². The Balaban J connectivity index is 2.14. The number of nitriles is 2. The zero-order valence-electron chi connectivity index (χ0n) is 15.4. The van der Waals surface area contributed by atoms with Gasteiger partial charge in [-0.05, 0) is 41.8 Å². The van der Waals surface area contributed by atoms with Gasteiger partial charge < -0.3 is 9.47 Å². The smallest absolute Gasteiger partial charge is 0.119 e. The summed E-state index contributed by atoms with van der Waals surface area (Å²) in [6.07, 6.45) is 1.73. The van der Waals surface area contributed by atoms with Crippen LogP contribution in [0.2, 0.25) is 0 Å². The van der Waals surface area contributed by atoms with Gasteiger partial charge in [-0.3, -0.25) is 0 Å². The molecule has 0 atom stereocenters. The van der Waals surface area contributed by atoms with Crippen molar-refractivity contribution in [3.05, 3.63) is 59.7 Å². The van der Waals surface area contributed by atoms with Crippen LogP contribution in [0.4, 0.5) is 0 Å². The predicted molar refractivity (Wildman–Crippen MR) is 101 cm³/mol. The van der Waals surface area contributed by atoms with Crippen molar-refractivity contribution in [2.75, 3.05) is 13.2 Å². The molecular weight excluding hydrogens is 324 g/mol.